The average molecular weight is 208 g/mol. The third-order valence-electron chi connectivity index (χ3n) is 2.89. The first kappa shape index (κ1) is 10.2. The lowest BCUT2D eigenvalue weighted by atomic mass is 10.1. The van der Waals surface area contributed by atoms with Crippen LogP contribution in [0.3, 0.4) is 0 Å². The molecule has 0 fully saturated rings. The zero-order valence-electron chi connectivity index (χ0n) is 9.17. The molecule has 2 N–H and O–H groups in total. The summed E-state index contributed by atoms with van der Waals surface area (Å²) in [5.41, 5.74) is 9.25. The van der Waals surface area contributed by atoms with Crippen molar-refractivity contribution in [1.82, 2.24) is 4.98 Å². The van der Waals surface area contributed by atoms with E-state index in [1.165, 1.54) is 11.1 Å². The summed E-state index contributed by atoms with van der Waals surface area (Å²) >= 11 is 0. The number of hydrogen-bond donors (Lipinski definition) is 1. The Balaban J connectivity index is 2.60. The summed E-state index contributed by atoms with van der Waals surface area (Å²) < 4.78 is 10.5. The smallest absolute Gasteiger partial charge is 0.221 e. The topological polar surface area (TPSA) is 57.4 Å². The van der Waals surface area contributed by atoms with Crippen LogP contribution in [0.25, 0.3) is 0 Å². The average Bonchev–Trinajstić information content (AvgIpc) is 2.75. The molecule has 0 unspecified atom stereocenters. The van der Waals surface area contributed by atoms with Crippen molar-refractivity contribution in [3.63, 3.8) is 0 Å². The highest BCUT2D eigenvalue weighted by Gasteiger charge is 2.23. The molecule has 0 spiro atoms. The van der Waals surface area contributed by atoms with E-state index in [2.05, 4.69) is 4.98 Å². The molecule has 82 valence electrons. The van der Waals surface area contributed by atoms with Gasteiger partial charge in [-0.05, 0) is 24.8 Å². The molecule has 0 saturated heterocycles. The Kier molecular flexibility index (Phi) is 2.77. The Morgan fingerprint density at radius 2 is 1.80 bits per heavy atom. The summed E-state index contributed by atoms with van der Waals surface area (Å²) in [7, 11) is 3.25. The van der Waals surface area contributed by atoms with Crippen LogP contribution < -0.4 is 15.2 Å². The van der Waals surface area contributed by atoms with E-state index in [0.717, 1.165) is 24.8 Å². The van der Waals surface area contributed by atoms with Crippen LogP contribution in [0.15, 0.2) is 0 Å². The van der Waals surface area contributed by atoms with Gasteiger partial charge < -0.3 is 15.2 Å². The summed E-state index contributed by atoms with van der Waals surface area (Å²) in [6.07, 6.45) is 3.23. The lowest BCUT2D eigenvalue weighted by Crippen LogP contribution is -2.08. The molecule has 4 nitrogen and oxygen atoms in total. The van der Waals surface area contributed by atoms with Gasteiger partial charge >= 0.3 is 0 Å². The van der Waals surface area contributed by atoms with Crippen molar-refractivity contribution < 1.29 is 9.47 Å². The fourth-order valence-corrected chi connectivity index (χ4v) is 2.22. The molecule has 1 heterocycles. The number of ether oxygens (including phenoxy) is 2. The minimum atomic E-state index is 0.475. The normalized spacial score (nSPS) is 13.8. The highest BCUT2D eigenvalue weighted by molar-refractivity contribution is 5.48. The van der Waals surface area contributed by atoms with Gasteiger partial charge in [0.1, 0.15) is 0 Å². The number of aromatic nitrogens is 1. The van der Waals surface area contributed by atoms with Gasteiger partial charge in [0.2, 0.25) is 11.8 Å². The summed E-state index contributed by atoms with van der Waals surface area (Å²) in [6, 6.07) is 0. The monoisotopic (exact) mass is 208 g/mol. The van der Waals surface area contributed by atoms with Gasteiger partial charge in [0.05, 0.1) is 14.2 Å². The lowest BCUT2D eigenvalue weighted by Gasteiger charge is -2.13. The van der Waals surface area contributed by atoms with Gasteiger partial charge in [0, 0.05) is 17.7 Å². The molecule has 1 aromatic heterocycles. The van der Waals surface area contributed by atoms with Crippen molar-refractivity contribution in [2.45, 2.75) is 25.8 Å². The van der Waals surface area contributed by atoms with E-state index in [1.807, 2.05) is 0 Å². The van der Waals surface area contributed by atoms with Gasteiger partial charge in [-0.25, -0.2) is 0 Å². The first-order valence-corrected chi connectivity index (χ1v) is 5.14. The standard InChI is InChI=1S/C11H16N2O2/c1-14-10-8-5-3-4-7(8)9(6-12)11(13-10)15-2/h3-6,12H2,1-2H3. The molecule has 0 bridgehead atoms. The molecule has 4 heteroatoms. The van der Waals surface area contributed by atoms with Crippen LogP contribution in [-0.4, -0.2) is 19.2 Å². The molecule has 15 heavy (non-hydrogen) atoms. The zero-order chi connectivity index (χ0) is 10.8. The molecule has 1 aliphatic rings. The summed E-state index contributed by atoms with van der Waals surface area (Å²) in [4.78, 5) is 4.33. The van der Waals surface area contributed by atoms with Gasteiger partial charge in [0.25, 0.3) is 0 Å². The molecule has 0 radical (unpaired) electrons. The summed E-state index contributed by atoms with van der Waals surface area (Å²) in [6.45, 7) is 0.475. The van der Waals surface area contributed by atoms with Crippen LogP contribution in [0.2, 0.25) is 0 Å². The number of nitrogens with two attached hydrogens (primary N) is 1. The van der Waals surface area contributed by atoms with Gasteiger partial charge in [0.15, 0.2) is 0 Å². The van der Waals surface area contributed by atoms with E-state index in [9.17, 15) is 0 Å². The molecule has 0 amide bonds. The van der Waals surface area contributed by atoms with Crippen LogP contribution in [-0.2, 0) is 19.4 Å². The summed E-state index contributed by atoms with van der Waals surface area (Å²) in [5, 5.41) is 0. The van der Waals surface area contributed by atoms with Crippen molar-refractivity contribution in [2.75, 3.05) is 14.2 Å². The SMILES string of the molecule is COc1nc(OC)c2c(c1CN)CCC2. The Morgan fingerprint density at radius 3 is 2.40 bits per heavy atom. The van der Waals surface area contributed by atoms with Crippen molar-refractivity contribution in [3.05, 3.63) is 16.7 Å². The van der Waals surface area contributed by atoms with E-state index >= 15 is 0 Å². The van der Waals surface area contributed by atoms with Crippen LogP contribution in [0.1, 0.15) is 23.1 Å². The second-order valence-corrected chi connectivity index (χ2v) is 3.62. The molecule has 1 aromatic rings. The lowest BCUT2D eigenvalue weighted by molar-refractivity contribution is 0.358. The Morgan fingerprint density at radius 1 is 1.13 bits per heavy atom. The molecular formula is C11H16N2O2. The number of methoxy groups -OCH3 is 2. The molecule has 0 atom stereocenters. The minimum Gasteiger partial charge on any atom is -0.481 e. The first-order chi connectivity index (χ1) is 7.31. The third-order valence-corrected chi connectivity index (χ3v) is 2.89. The summed E-state index contributed by atoms with van der Waals surface area (Å²) in [5.74, 6) is 1.30. The van der Waals surface area contributed by atoms with E-state index in [-0.39, 0.29) is 0 Å². The van der Waals surface area contributed by atoms with E-state index in [0.29, 0.717) is 18.3 Å². The van der Waals surface area contributed by atoms with Crippen LogP contribution in [0.4, 0.5) is 0 Å². The van der Waals surface area contributed by atoms with Crippen LogP contribution in [0, 0.1) is 0 Å². The maximum Gasteiger partial charge on any atom is 0.221 e. The van der Waals surface area contributed by atoms with Gasteiger partial charge in [-0.2, -0.15) is 4.98 Å². The van der Waals surface area contributed by atoms with Crippen molar-refractivity contribution in [1.29, 1.82) is 0 Å². The predicted molar refractivity (Wildman–Crippen MR) is 57.3 cm³/mol. The minimum absolute atomic E-state index is 0.475. The molecule has 1 aliphatic carbocycles. The number of fused-ring (bicyclic) bond motifs is 1. The highest BCUT2D eigenvalue weighted by Crippen LogP contribution is 2.35. The Bertz CT molecular complexity index is 377. The van der Waals surface area contributed by atoms with Gasteiger partial charge in [-0.15, -0.1) is 0 Å². The van der Waals surface area contributed by atoms with Gasteiger partial charge in [-0.3, -0.25) is 0 Å². The molecule has 2 rings (SSSR count). The van der Waals surface area contributed by atoms with E-state index in [1.54, 1.807) is 14.2 Å². The highest BCUT2D eigenvalue weighted by atomic mass is 16.5. The quantitative estimate of drug-likeness (QED) is 0.806. The Labute approximate surface area is 89.4 Å². The molecule has 0 aliphatic heterocycles. The molecular weight excluding hydrogens is 192 g/mol. The van der Waals surface area contributed by atoms with Crippen LogP contribution in [0.5, 0.6) is 11.8 Å². The fraction of sp³-hybridized carbons (Fsp3) is 0.545. The molecule has 0 saturated carbocycles. The fourth-order valence-electron chi connectivity index (χ4n) is 2.22. The number of hydrogen-bond acceptors (Lipinski definition) is 4. The maximum absolute atomic E-state index is 5.73. The van der Waals surface area contributed by atoms with Crippen LogP contribution >= 0.6 is 0 Å². The number of pyridine rings is 1. The third kappa shape index (κ3) is 1.55. The van der Waals surface area contributed by atoms with E-state index < -0.39 is 0 Å². The second-order valence-electron chi connectivity index (χ2n) is 3.62. The number of nitrogens with zero attached hydrogens (tertiary/aromatic N) is 1. The molecule has 0 aromatic carbocycles. The number of rotatable bonds is 3. The largest absolute Gasteiger partial charge is 0.481 e. The second kappa shape index (κ2) is 4.06. The zero-order valence-corrected chi connectivity index (χ0v) is 9.17. The van der Waals surface area contributed by atoms with Crippen molar-refractivity contribution >= 4 is 0 Å². The Hall–Kier alpha value is -1.29. The predicted octanol–water partition coefficient (Wildman–Crippen LogP) is 1.05. The van der Waals surface area contributed by atoms with Crippen molar-refractivity contribution in [2.24, 2.45) is 5.73 Å². The first-order valence-electron chi connectivity index (χ1n) is 5.14. The van der Waals surface area contributed by atoms with Gasteiger partial charge in [-0.1, -0.05) is 0 Å². The maximum atomic E-state index is 5.73. The van der Waals surface area contributed by atoms with E-state index in [4.69, 9.17) is 15.2 Å². The van der Waals surface area contributed by atoms with Crippen molar-refractivity contribution in [3.8, 4) is 11.8 Å².